The molecule has 2 unspecified atom stereocenters. The Hall–Kier alpha value is -3.29. The lowest BCUT2D eigenvalue weighted by Gasteiger charge is -2.67. The van der Waals surface area contributed by atoms with Crippen LogP contribution in [0, 0.1) is 45.8 Å². The predicted molar refractivity (Wildman–Crippen MR) is 163 cm³/mol. The van der Waals surface area contributed by atoms with Crippen LogP contribution < -0.4 is 0 Å². The molecule has 0 aromatic heterocycles. The Morgan fingerprint density at radius 3 is 2.06 bits per heavy atom. The van der Waals surface area contributed by atoms with E-state index in [0.29, 0.717) is 18.4 Å². The standard InChI is InChI=1S/C35H46O13/c1-15(2)28(39)46-26-24-27(47-29(40)16(3)4)34-18(33(8,35(24,42)48-34)19(31(26,5)6)13-21(36)43-9)10-11-32(7)20(34)14-23(38)44-25(32)17-12-22(37)45-30(17)41/h12,14-16,18-19,24-27,30,41-42H,10-11,13H2,1-9H3/t18-,19+,24?,25+,26-,27-,30?,32-,33-,34+,35+/m1/s1. The van der Waals surface area contributed by atoms with Crippen LogP contribution >= 0.6 is 0 Å². The Morgan fingerprint density at radius 2 is 1.52 bits per heavy atom. The lowest BCUT2D eigenvalue weighted by atomic mass is 9.37. The maximum Gasteiger partial charge on any atom is 0.333 e. The van der Waals surface area contributed by atoms with E-state index in [1.807, 2.05) is 27.7 Å². The quantitative estimate of drug-likeness (QED) is 0.297. The average Bonchev–Trinajstić information content (AvgIpc) is 3.54. The van der Waals surface area contributed by atoms with Gasteiger partial charge in [-0.15, -0.1) is 0 Å². The molecule has 2 bridgehead atoms. The van der Waals surface area contributed by atoms with Gasteiger partial charge in [-0.1, -0.05) is 55.4 Å². The van der Waals surface area contributed by atoms with Crippen molar-refractivity contribution in [3.8, 4) is 0 Å². The number of rotatable bonds is 7. The molecule has 264 valence electrons. The number of aliphatic hydroxyl groups is 2. The Balaban J connectivity index is 1.62. The molecule has 13 heteroatoms. The summed E-state index contributed by atoms with van der Waals surface area (Å²) >= 11 is 0. The van der Waals surface area contributed by atoms with Crippen molar-refractivity contribution in [1.82, 2.24) is 0 Å². The molecule has 4 fully saturated rings. The Morgan fingerprint density at radius 1 is 0.938 bits per heavy atom. The lowest BCUT2D eigenvalue weighted by Crippen LogP contribution is -2.76. The highest BCUT2D eigenvalue weighted by Crippen LogP contribution is 2.80. The number of hydrogen-bond donors (Lipinski definition) is 2. The van der Waals surface area contributed by atoms with Crippen molar-refractivity contribution >= 4 is 29.8 Å². The van der Waals surface area contributed by atoms with E-state index in [-0.39, 0.29) is 12.0 Å². The minimum atomic E-state index is -2.12. The summed E-state index contributed by atoms with van der Waals surface area (Å²) in [5.41, 5.74) is -4.58. The predicted octanol–water partition coefficient (Wildman–Crippen LogP) is 2.50. The molecule has 2 aliphatic carbocycles. The first-order valence-electron chi connectivity index (χ1n) is 16.7. The second kappa shape index (κ2) is 10.9. The minimum absolute atomic E-state index is 0.0538. The first-order valence-corrected chi connectivity index (χ1v) is 16.7. The number of ether oxygens (including phenoxy) is 6. The molecule has 4 aliphatic heterocycles. The number of methoxy groups -OCH3 is 1. The number of carbonyl (C=O) groups excluding carboxylic acids is 5. The minimum Gasteiger partial charge on any atom is -0.469 e. The third kappa shape index (κ3) is 4.28. The van der Waals surface area contributed by atoms with Gasteiger partial charge in [-0.05, 0) is 24.3 Å². The number of hydrogen-bond acceptors (Lipinski definition) is 13. The molecule has 2 N–H and O–H groups in total. The maximum atomic E-state index is 13.6. The van der Waals surface area contributed by atoms with Crippen molar-refractivity contribution in [1.29, 1.82) is 0 Å². The molecule has 13 nitrogen and oxygen atoms in total. The van der Waals surface area contributed by atoms with Crippen LogP contribution in [0.25, 0.3) is 0 Å². The van der Waals surface area contributed by atoms with E-state index in [1.165, 1.54) is 13.2 Å². The number of esters is 5. The fraction of sp³-hybridized carbons (Fsp3) is 0.743. The fourth-order valence-electron chi connectivity index (χ4n) is 10.2. The normalized spacial score (nSPS) is 43.5. The molecule has 0 aromatic rings. The average molecular weight is 675 g/mol. The van der Waals surface area contributed by atoms with Crippen LogP contribution in [-0.4, -0.2) is 83.2 Å². The largest absolute Gasteiger partial charge is 0.469 e. The van der Waals surface area contributed by atoms with Crippen molar-refractivity contribution in [2.24, 2.45) is 45.8 Å². The van der Waals surface area contributed by atoms with Crippen LogP contribution in [-0.2, 0) is 52.4 Å². The van der Waals surface area contributed by atoms with Gasteiger partial charge in [0.25, 0.3) is 0 Å². The zero-order valence-electron chi connectivity index (χ0n) is 28.9. The Labute approximate surface area is 279 Å². The van der Waals surface area contributed by atoms with Gasteiger partial charge in [0.15, 0.2) is 5.79 Å². The van der Waals surface area contributed by atoms with E-state index in [2.05, 4.69) is 0 Å². The van der Waals surface area contributed by atoms with Gasteiger partial charge in [0.1, 0.15) is 23.9 Å². The maximum absolute atomic E-state index is 13.6. The zero-order chi connectivity index (χ0) is 35.5. The van der Waals surface area contributed by atoms with Crippen molar-refractivity contribution < 1.29 is 62.6 Å². The number of fused-ring (bicyclic) bond motifs is 2. The highest BCUT2D eigenvalue weighted by molar-refractivity contribution is 5.88. The molecule has 0 amide bonds. The van der Waals surface area contributed by atoms with Gasteiger partial charge < -0.3 is 38.6 Å². The molecule has 2 saturated carbocycles. The van der Waals surface area contributed by atoms with E-state index in [4.69, 9.17) is 28.4 Å². The highest BCUT2D eigenvalue weighted by atomic mass is 16.7. The summed E-state index contributed by atoms with van der Waals surface area (Å²) in [6.07, 6.45) is -2.26. The lowest BCUT2D eigenvalue weighted by molar-refractivity contribution is -0.326. The SMILES string of the molecule is COC(=O)C[C@H]1C(C)(C)[C@H](OC(=O)C(C)C)C2[C@@H](OC(=O)C(C)C)[C@]34O[C@]2(O)[C@]1(C)[C@H]3CC[C@]1(C)C4=CC(=O)O[C@H]1C1=CC(=O)OC1O. The van der Waals surface area contributed by atoms with Gasteiger partial charge in [0.05, 0.1) is 24.9 Å². The monoisotopic (exact) mass is 674 g/mol. The Bertz CT molecular complexity index is 1530. The van der Waals surface area contributed by atoms with Gasteiger partial charge in [0, 0.05) is 46.3 Å². The third-order valence-corrected chi connectivity index (χ3v) is 12.4. The van der Waals surface area contributed by atoms with E-state index < -0.39 is 112 Å². The molecular formula is C35H46O13. The van der Waals surface area contributed by atoms with E-state index in [9.17, 15) is 34.2 Å². The third-order valence-electron chi connectivity index (χ3n) is 12.4. The number of carbonyl (C=O) groups is 5. The van der Waals surface area contributed by atoms with Gasteiger partial charge in [-0.3, -0.25) is 14.4 Å². The molecule has 6 aliphatic rings. The molecule has 0 radical (unpaired) electrons. The molecule has 11 atom stereocenters. The molecule has 0 aromatic carbocycles. The van der Waals surface area contributed by atoms with Crippen LogP contribution in [0.5, 0.6) is 0 Å². The van der Waals surface area contributed by atoms with E-state index in [1.54, 1.807) is 27.7 Å². The first-order chi connectivity index (χ1) is 22.2. The van der Waals surface area contributed by atoms with Crippen molar-refractivity contribution in [3.05, 3.63) is 23.3 Å². The van der Waals surface area contributed by atoms with Crippen LogP contribution in [0.3, 0.4) is 0 Å². The van der Waals surface area contributed by atoms with Gasteiger partial charge in [0.2, 0.25) is 6.29 Å². The molecule has 1 spiro atoms. The second-order valence-electron chi connectivity index (χ2n) is 15.9. The summed E-state index contributed by atoms with van der Waals surface area (Å²) in [7, 11) is 1.28. The summed E-state index contributed by atoms with van der Waals surface area (Å²) in [5, 5.41) is 23.8. The van der Waals surface area contributed by atoms with Crippen LogP contribution in [0.4, 0.5) is 0 Å². The van der Waals surface area contributed by atoms with Crippen LogP contribution in [0.2, 0.25) is 0 Å². The number of cyclic esters (lactones) is 2. The van der Waals surface area contributed by atoms with Crippen LogP contribution in [0.1, 0.15) is 74.7 Å². The number of aliphatic hydroxyl groups excluding tert-OH is 1. The van der Waals surface area contributed by atoms with Crippen molar-refractivity contribution in [2.45, 2.75) is 111 Å². The second-order valence-corrected chi connectivity index (χ2v) is 15.9. The zero-order valence-corrected chi connectivity index (χ0v) is 28.9. The van der Waals surface area contributed by atoms with E-state index in [0.717, 1.165) is 6.08 Å². The fourth-order valence-corrected chi connectivity index (χ4v) is 10.2. The summed E-state index contributed by atoms with van der Waals surface area (Å²) < 4.78 is 35.4. The summed E-state index contributed by atoms with van der Waals surface area (Å²) in [5.74, 6) is -8.96. The molecule has 4 heterocycles. The first kappa shape index (κ1) is 34.6. The topological polar surface area (TPSA) is 181 Å². The molecular weight excluding hydrogens is 628 g/mol. The van der Waals surface area contributed by atoms with Crippen LogP contribution in [0.15, 0.2) is 23.3 Å². The molecule has 48 heavy (non-hydrogen) atoms. The van der Waals surface area contributed by atoms with Gasteiger partial charge in [-0.25, -0.2) is 9.59 Å². The summed E-state index contributed by atoms with van der Waals surface area (Å²) in [4.78, 5) is 65.6. The Kier molecular flexibility index (Phi) is 7.82. The highest BCUT2D eigenvalue weighted by Gasteiger charge is 2.90. The molecule has 6 rings (SSSR count). The summed E-state index contributed by atoms with van der Waals surface area (Å²) in [6.45, 7) is 14.1. The van der Waals surface area contributed by atoms with Crippen molar-refractivity contribution in [2.75, 3.05) is 7.11 Å². The molecule has 2 saturated heterocycles. The van der Waals surface area contributed by atoms with Gasteiger partial charge in [-0.2, -0.15) is 0 Å². The summed E-state index contributed by atoms with van der Waals surface area (Å²) in [6, 6.07) is 0. The van der Waals surface area contributed by atoms with E-state index >= 15 is 0 Å². The van der Waals surface area contributed by atoms with Crippen molar-refractivity contribution in [3.63, 3.8) is 0 Å². The van der Waals surface area contributed by atoms with Gasteiger partial charge >= 0.3 is 29.8 Å². The smallest absolute Gasteiger partial charge is 0.333 e.